The molecule has 5 nitrogen and oxygen atoms in total. The van der Waals surface area contributed by atoms with E-state index in [1.807, 2.05) is 62.4 Å². The highest BCUT2D eigenvalue weighted by Crippen LogP contribution is 2.12. The number of hydrogen-bond acceptors (Lipinski definition) is 4. The molecule has 138 valence electrons. The minimum Gasteiger partial charge on any atom is -0.351 e. The lowest BCUT2D eigenvalue weighted by atomic mass is 10.1. The van der Waals surface area contributed by atoms with Gasteiger partial charge in [-0.25, -0.2) is 4.98 Å². The molecule has 2 aromatic carbocycles. The number of thioether (sulfide) groups is 1. The van der Waals surface area contributed by atoms with Crippen molar-refractivity contribution in [2.75, 3.05) is 5.75 Å². The number of nitrogens with one attached hydrogen (secondary N) is 1. The van der Waals surface area contributed by atoms with Gasteiger partial charge >= 0.3 is 0 Å². The second-order valence-corrected chi connectivity index (χ2v) is 7.26. The van der Waals surface area contributed by atoms with E-state index in [-0.39, 0.29) is 17.2 Å². The number of aryl methyl sites for hydroxylation is 2. The molecule has 1 aromatic heterocycles. The lowest BCUT2D eigenvalue weighted by molar-refractivity contribution is -0.118. The number of aromatic nitrogens is 2. The van der Waals surface area contributed by atoms with E-state index in [1.165, 1.54) is 5.56 Å². The van der Waals surface area contributed by atoms with E-state index in [1.54, 1.807) is 17.0 Å². The van der Waals surface area contributed by atoms with Crippen LogP contribution in [-0.2, 0) is 11.3 Å². The Labute approximate surface area is 162 Å². The monoisotopic (exact) mass is 379 g/mol. The average Bonchev–Trinajstić information content (AvgIpc) is 2.67. The largest absolute Gasteiger partial charge is 0.351 e. The molecule has 1 heterocycles. The number of nitrogens with zero attached hydrogens (tertiary/aromatic N) is 2. The first kappa shape index (κ1) is 18.9. The van der Waals surface area contributed by atoms with Gasteiger partial charge < -0.3 is 5.32 Å². The summed E-state index contributed by atoms with van der Waals surface area (Å²) in [6, 6.07) is 15.7. The summed E-state index contributed by atoms with van der Waals surface area (Å²) in [5, 5.41) is 3.17. The molecule has 27 heavy (non-hydrogen) atoms. The lowest BCUT2D eigenvalue weighted by Crippen LogP contribution is -2.26. The number of benzene rings is 2. The summed E-state index contributed by atoms with van der Waals surface area (Å²) in [5.74, 6) is 0.0129. The van der Waals surface area contributed by atoms with Gasteiger partial charge in [-0.1, -0.05) is 59.3 Å². The Morgan fingerprint density at radius 1 is 1.04 bits per heavy atom. The topological polar surface area (TPSA) is 64.0 Å². The zero-order valence-electron chi connectivity index (χ0n) is 15.3. The highest BCUT2D eigenvalue weighted by atomic mass is 32.2. The molecule has 6 heteroatoms. The van der Waals surface area contributed by atoms with Crippen LogP contribution in [-0.4, -0.2) is 21.2 Å². The summed E-state index contributed by atoms with van der Waals surface area (Å²) in [4.78, 5) is 28.8. The van der Waals surface area contributed by atoms with E-state index < -0.39 is 0 Å². The normalized spacial score (nSPS) is 10.6. The smallest absolute Gasteiger partial charge is 0.287 e. The quantitative estimate of drug-likeness (QED) is 0.668. The highest BCUT2D eigenvalue weighted by Gasteiger charge is 2.10. The number of carbonyl (C=O) groups excluding carboxylic acids is 1. The molecule has 0 radical (unpaired) electrons. The fraction of sp³-hybridized carbons (Fsp3) is 0.190. The molecule has 1 N–H and O–H groups in total. The number of hydrogen-bond donors (Lipinski definition) is 1. The van der Waals surface area contributed by atoms with Crippen molar-refractivity contribution >= 4 is 17.7 Å². The first-order valence-electron chi connectivity index (χ1n) is 8.62. The first-order valence-corrected chi connectivity index (χ1v) is 9.61. The van der Waals surface area contributed by atoms with E-state index in [2.05, 4.69) is 10.3 Å². The van der Waals surface area contributed by atoms with Crippen LogP contribution in [0.3, 0.4) is 0 Å². The van der Waals surface area contributed by atoms with Crippen LogP contribution < -0.4 is 10.9 Å². The van der Waals surface area contributed by atoms with Crippen molar-refractivity contribution in [3.63, 3.8) is 0 Å². The Balaban J connectivity index is 1.61. The highest BCUT2D eigenvalue weighted by molar-refractivity contribution is 7.99. The summed E-state index contributed by atoms with van der Waals surface area (Å²) >= 11 is 1.15. The molecular formula is C21H21N3O2S. The van der Waals surface area contributed by atoms with Crippen LogP contribution in [0.1, 0.15) is 16.7 Å². The van der Waals surface area contributed by atoms with Gasteiger partial charge in [0.25, 0.3) is 5.56 Å². The molecular weight excluding hydrogens is 358 g/mol. The molecule has 0 spiro atoms. The standard InChI is InChI=1S/C21H21N3O2S/c1-15-3-7-17(8-4-15)13-23-19(25)14-27-20-21(26)24(12-11-22-20)18-9-5-16(2)6-10-18/h3-12H,13-14H2,1-2H3,(H,23,25). The second kappa shape index (κ2) is 8.68. The van der Waals surface area contributed by atoms with Crippen molar-refractivity contribution in [2.45, 2.75) is 25.4 Å². The van der Waals surface area contributed by atoms with Crippen LogP contribution in [0.2, 0.25) is 0 Å². The lowest BCUT2D eigenvalue weighted by Gasteiger charge is -2.08. The summed E-state index contributed by atoms with van der Waals surface area (Å²) in [6.45, 7) is 4.49. The van der Waals surface area contributed by atoms with Crippen LogP contribution in [0.15, 0.2) is 70.7 Å². The van der Waals surface area contributed by atoms with Gasteiger partial charge in [-0.15, -0.1) is 0 Å². The summed E-state index contributed by atoms with van der Waals surface area (Å²) < 4.78 is 1.54. The maximum absolute atomic E-state index is 12.6. The number of carbonyl (C=O) groups is 1. The first-order chi connectivity index (χ1) is 13.0. The molecule has 0 aliphatic heterocycles. The molecule has 1 amide bonds. The van der Waals surface area contributed by atoms with Gasteiger partial charge in [-0.05, 0) is 31.5 Å². The van der Waals surface area contributed by atoms with Crippen molar-refractivity contribution in [1.82, 2.24) is 14.9 Å². The summed E-state index contributed by atoms with van der Waals surface area (Å²) in [6.07, 6.45) is 3.21. The van der Waals surface area contributed by atoms with Gasteiger partial charge in [-0.3, -0.25) is 14.2 Å². The summed E-state index contributed by atoms with van der Waals surface area (Å²) in [5.41, 5.74) is 3.90. The number of amides is 1. The molecule has 0 saturated heterocycles. The van der Waals surface area contributed by atoms with Crippen molar-refractivity contribution < 1.29 is 4.79 Å². The fourth-order valence-corrected chi connectivity index (χ4v) is 3.22. The SMILES string of the molecule is Cc1ccc(CNC(=O)CSc2nccn(-c3ccc(C)cc3)c2=O)cc1. The van der Waals surface area contributed by atoms with Gasteiger partial charge in [0.1, 0.15) is 0 Å². The van der Waals surface area contributed by atoms with E-state index in [4.69, 9.17) is 0 Å². The van der Waals surface area contributed by atoms with E-state index in [0.717, 1.165) is 28.6 Å². The van der Waals surface area contributed by atoms with E-state index in [9.17, 15) is 9.59 Å². The van der Waals surface area contributed by atoms with E-state index in [0.29, 0.717) is 11.6 Å². The zero-order chi connectivity index (χ0) is 19.2. The molecule has 0 aliphatic rings. The predicted octanol–water partition coefficient (Wildman–Crippen LogP) is 3.26. The third-order valence-corrected chi connectivity index (χ3v) is 5.03. The molecule has 0 atom stereocenters. The Bertz CT molecular complexity index is 980. The molecule has 0 fully saturated rings. The minimum absolute atomic E-state index is 0.132. The maximum Gasteiger partial charge on any atom is 0.287 e. The Morgan fingerprint density at radius 3 is 2.33 bits per heavy atom. The molecule has 0 bridgehead atoms. The van der Waals surface area contributed by atoms with Crippen LogP contribution >= 0.6 is 11.8 Å². The van der Waals surface area contributed by atoms with E-state index >= 15 is 0 Å². The average molecular weight is 379 g/mol. The third kappa shape index (κ3) is 5.08. The fourth-order valence-electron chi connectivity index (χ4n) is 2.49. The molecule has 0 unspecified atom stereocenters. The number of rotatable bonds is 6. The van der Waals surface area contributed by atoms with Gasteiger partial charge in [0.05, 0.1) is 5.75 Å². The Kier molecular flexibility index (Phi) is 6.08. The van der Waals surface area contributed by atoms with Crippen molar-refractivity contribution in [2.24, 2.45) is 0 Å². The van der Waals surface area contributed by atoms with Crippen molar-refractivity contribution in [3.8, 4) is 5.69 Å². The van der Waals surface area contributed by atoms with Gasteiger partial charge in [0.2, 0.25) is 5.91 Å². The van der Waals surface area contributed by atoms with Crippen LogP contribution in [0.5, 0.6) is 0 Å². The molecule has 0 saturated carbocycles. The van der Waals surface area contributed by atoms with Gasteiger partial charge in [0.15, 0.2) is 5.03 Å². The van der Waals surface area contributed by atoms with Crippen LogP contribution in [0.4, 0.5) is 0 Å². The van der Waals surface area contributed by atoms with Gasteiger partial charge in [-0.2, -0.15) is 0 Å². The maximum atomic E-state index is 12.6. The van der Waals surface area contributed by atoms with Crippen molar-refractivity contribution in [1.29, 1.82) is 0 Å². The molecule has 3 aromatic rings. The van der Waals surface area contributed by atoms with Gasteiger partial charge in [0, 0.05) is 24.6 Å². The minimum atomic E-state index is -0.224. The van der Waals surface area contributed by atoms with Crippen LogP contribution in [0.25, 0.3) is 5.69 Å². The zero-order valence-corrected chi connectivity index (χ0v) is 16.1. The van der Waals surface area contributed by atoms with Crippen molar-refractivity contribution in [3.05, 3.63) is 88.0 Å². The predicted molar refractivity (Wildman–Crippen MR) is 108 cm³/mol. The Morgan fingerprint density at radius 2 is 1.67 bits per heavy atom. The summed E-state index contributed by atoms with van der Waals surface area (Å²) in [7, 11) is 0. The molecule has 3 rings (SSSR count). The third-order valence-electron chi connectivity index (χ3n) is 4.07. The Hall–Kier alpha value is -2.86. The van der Waals surface area contributed by atoms with Crippen LogP contribution in [0, 0.1) is 13.8 Å². The molecule has 0 aliphatic carbocycles. The second-order valence-electron chi connectivity index (χ2n) is 6.29.